The molecule has 0 radical (unpaired) electrons. The molecule has 1 atom stereocenters. The molecule has 0 aliphatic carbocycles. The molecule has 2 aromatic carbocycles. The Kier molecular flexibility index (Phi) is 3.74. The van der Waals surface area contributed by atoms with Crippen LogP contribution in [0.1, 0.15) is 11.6 Å². The SMILES string of the molecule is COc1ccc(NC2CSc3ccccc32)cc1OC. The third kappa shape index (κ3) is 2.43. The van der Waals surface area contributed by atoms with Gasteiger partial charge in [0.15, 0.2) is 11.5 Å². The van der Waals surface area contributed by atoms with Crippen molar-refractivity contribution in [3.8, 4) is 11.5 Å². The van der Waals surface area contributed by atoms with Crippen molar-refractivity contribution in [2.24, 2.45) is 0 Å². The molecule has 3 nitrogen and oxygen atoms in total. The van der Waals surface area contributed by atoms with Crippen LogP contribution in [0.5, 0.6) is 11.5 Å². The highest BCUT2D eigenvalue weighted by molar-refractivity contribution is 7.99. The highest BCUT2D eigenvalue weighted by atomic mass is 32.2. The van der Waals surface area contributed by atoms with Crippen molar-refractivity contribution in [1.29, 1.82) is 0 Å². The van der Waals surface area contributed by atoms with Crippen LogP contribution >= 0.6 is 11.8 Å². The van der Waals surface area contributed by atoms with Gasteiger partial charge in [-0.25, -0.2) is 0 Å². The van der Waals surface area contributed by atoms with Crippen LogP contribution in [-0.4, -0.2) is 20.0 Å². The van der Waals surface area contributed by atoms with Gasteiger partial charge in [0.1, 0.15) is 0 Å². The predicted octanol–water partition coefficient (Wildman–Crippen LogP) is 3.96. The Hall–Kier alpha value is -1.81. The van der Waals surface area contributed by atoms with E-state index in [4.69, 9.17) is 9.47 Å². The van der Waals surface area contributed by atoms with Crippen LogP contribution in [0.4, 0.5) is 5.69 Å². The Bertz CT molecular complexity index is 615. The highest BCUT2D eigenvalue weighted by Crippen LogP contribution is 2.40. The number of methoxy groups -OCH3 is 2. The molecule has 0 aromatic heterocycles. The minimum Gasteiger partial charge on any atom is -0.493 e. The van der Waals surface area contributed by atoms with Gasteiger partial charge in [-0.3, -0.25) is 0 Å². The molecular weight excluding hydrogens is 270 g/mol. The van der Waals surface area contributed by atoms with E-state index >= 15 is 0 Å². The molecule has 4 heteroatoms. The van der Waals surface area contributed by atoms with Gasteiger partial charge in [0.25, 0.3) is 0 Å². The maximum atomic E-state index is 5.34. The number of rotatable bonds is 4. The lowest BCUT2D eigenvalue weighted by Crippen LogP contribution is -2.09. The molecule has 0 saturated carbocycles. The summed E-state index contributed by atoms with van der Waals surface area (Å²) in [5.41, 5.74) is 2.41. The standard InChI is InChI=1S/C16H17NO2S/c1-18-14-8-7-11(9-15(14)19-2)17-13-10-20-16-6-4-3-5-12(13)16/h3-9,13,17H,10H2,1-2H3. The van der Waals surface area contributed by atoms with E-state index in [1.54, 1.807) is 14.2 Å². The van der Waals surface area contributed by atoms with Crippen molar-refractivity contribution >= 4 is 17.4 Å². The lowest BCUT2D eigenvalue weighted by molar-refractivity contribution is 0.355. The maximum Gasteiger partial charge on any atom is 0.162 e. The first-order valence-electron chi connectivity index (χ1n) is 6.52. The quantitative estimate of drug-likeness (QED) is 0.922. The number of nitrogens with one attached hydrogen (secondary N) is 1. The fourth-order valence-electron chi connectivity index (χ4n) is 2.41. The number of benzene rings is 2. The van der Waals surface area contributed by atoms with Crippen LogP contribution in [0, 0.1) is 0 Å². The van der Waals surface area contributed by atoms with Crippen molar-refractivity contribution in [3.63, 3.8) is 0 Å². The number of hydrogen-bond donors (Lipinski definition) is 1. The minimum atomic E-state index is 0.342. The smallest absolute Gasteiger partial charge is 0.162 e. The Morgan fingerprint density at radius 3 is 2.65 bits per heavy atom. The second-order valence-electron chi connectivity index (χ2n) is 4.62. The van der Waals surface area contributed by atoms with Crippen molar-refractivity contribution in [2.45, 2.75) is 10.9 Å². The maximum absolute atomic E-state index is 5.34. The Balaban J connectivity index is 1.82. The van der Waals surface area contributed by atoms with Crippen LogP contribution in [-0.2, 0) is 0 Å². The molecule has 0 saturated heterocycles. The zero-order valence-corrected chi connectivity index (χ0v) is 12.4. The molecule has 1 aliphatic heterocycles. The van der Waals surface area contributed by atoms with E-state index < -0.39 is 0 Å². The molecule has 0 spiro atoms. The third-order valence-electron chi connectivity index (χ3n) is 3.42. The summed E-state index contributed by atoms with van der Waals surface area (Å²) in [6, 6.07) is 14.8. The number of fused-ring (bicyclic) bond motifs is 1. The number of anilines is 1. The average Bonchev–Trinajstić information content (AvgIpc) is 2.90. The van der Waals surface area contributed by atoms with Gasteiger partial charge in [-0.05, 0) is 23.8 Å². The second kappa shape index (κ2) is 5.67. The number of hydrogen-bond acceptors (Lipinski definition) is 4. The van der Waals surface area contributed by atoms with Crippen LogP contribution in [0.3, 0.4) is 0 Å². The van der Waals surface area contributed by atoms with Crippen molar-refractivity contribution < 1.29 is 9.47 Å². The lowest BCUT2D eigenvalue weighted by atomic mass is 10.1. The molecule has 0 bridgehead atoms. The monoisotopic (exact) mass is 287 g/mol. The van der Waals surface area contributed by atoms with Crippen molar-refractivity contribution in [1.82, 2.24) is 0 Å². The Morgan fingerprint density at radius 2 is 1.85 bits per heavy atom. The molecule has 2 aromatic rings. The summed E-state index contributed by atoms with van der Waals surface area (Å²) in [5.74, 6) is 2.55. The largest absolute Gasteiger partial charge is 0.493 e. The first-order valence-corrected chi connectivity index (χ1v) is 7.50. The number of thioether (sulfide) groups is 1. The number of ether oxygens (including phenoxy) is 2. The van der Waals surface area contributed by atoms with E-state index in [0.717, 1.165) is 22.9 Å². The summed E-state index contributed by atoms with van der Waals surface area (Å²) in [5, 5.41) is 3.57. The van der Waals surface area contributed by atoms with Gasteiger partial charge in [0.2, 0.25) is 0 Å². The lowest BCUT2D eigenvalue weighted by Gasteiger charge is -2.16. The molecule has 0 fully saturated rings. The summed E-state index contributed by atoms with van der Waals surface area (Å²) in [4.78, 5) is 1.37. The zero-order chi connectivity index (χ0) is 13.9. The second-order valence-corrected chi connectivity index (χ2v) is 5.68. The van der Waals surface area contributed by atoms with Gasteiger partial charge in [-0.15, -0.1) is 11.8 Å². The summed E-state index contributed by atoms with van der Waals surface area (Å²) in [6.45, 7) is 0. The van der Waals surface area contributed by atoms with E-state index in [1.165, 1.54) is 10.5 Å². The normalized spacial score (nSPS) is 16.6. The van der Waals surface area contributed by atoms with E-state index in [9.17, 15) is 0 Å². The Morgan fingerprint density at radius 1 is 1.05 bits per heavy atom. The van der Waals surface area contributed by atoms with E-state index in [-0.39, 0.29) is 0 Å². The van der Waals surface area contributed by atoms with Crippen LogP contribution in [0.25, 0.3) is 0 Å². The molecule has 1 N–H and O–H groups in total. The van der Waals surface area contributed by atoms with Crippen LogP contribution in [0.2, 0.25) is 0 Å². The van der Waals surface area contributed by atoms with Gasteiger partial charge in [0.05, 0.1) is 20.3 Å². The van der Waals surface area contributed by atoms with Gasteiger partial charge in [-0.1, -0.05) is 18.2 Å². The van der Waals surface area contributed by atoms with Gasteiger partial charge in [-0.2, -0.15) is 0 Å². The summed E-state index contributed by atoms with van der Waals surface area (Å²) >= 11 is 1.89. The van der Waals surface area contributed by atoms with Gasteiger partial charge < -0.3 is 14.8 Å². The molecule has 1 unspecified atom stereocenters. The molecule has 1 heterocycles. The average molecular weight is 287 g/mol. The molecule has 104 valence electrons. The molecule has 20 heavy (non-hydrogen) atoms. The van der Waals surface area contributed by atoms with Crippen LogP contribution < -0.4 is 14.8 Å². The summed E-state index contributed by atoms with van der Waals surface area (Å²) < 4.78 is 10.6. The third-order valence-corrected chi connectivity index (χ3v) is 4.61. The van der Waals surface area contributed by atoms with Crippen LogP contribution in [0.15, 0.2) is 47.4 Å². The molecule has 0 amide bonds. The van der Waals surface area contributed by atoms with Gasteiger partial charge in [0, 0.05) is 22.4 Å². The van der Waals surface area contributed by atoms with E-state index in [2.05, 4.69) is 29.6 Å². The Labute approximate surface area is 123 Å². The van der Waals surface area contributed by atoms with Gasteiger partial charge >= 0.3 is 0 Å². The summed E-state index contributed by atoms with van der Waals surface area (Å²) in [7, 11) is 3.30. The molecule has 3 rings (SSSR count). The van der Waals surface area contributed by atoms with Crippen molar-refractivity contribution in [2.75, 3.05) is 25.3 Å². The molecule has 1 aliphatic rings. The first-order chi connectivity index (χ1) is 9.81. The van der Waals surface area contributed by atoms with E-state index in [0.29, 0.717) is 6.04 Å². The zero-order valence-electron chi connectivity index (χ0n) is 11.6. The topological polar surface area (TPSA) is 30.5 Å². The fourth-order valence-corrected chi connectivity index (χ4v) is 3.57. The molecular formula is C16H17NO2S. The van der Waals surface area contributed by atoms with E-state index in [1.807, 2.05) is 30.0 Å². The highest BCUT2D eigenvalue weighted by Gasteiger charge is 2.22. The van der Waals surface area contributed by atoms with Crippen molar-refractivity contribution in [3.05, 3.63) is 48.0 Å². The summed E-state index contributed by atoms with van der Waals surface area (Å²) in [6.07, 6.45) is 0. The predicted molar refractivity (Wildman–Crippen MR) is 83.1 cm³/mol. The minimum absolute atomic E-state index is 0.342. The fraction of sp³-hybridized carbons (Fsp3) is 0.250. The first kappa shape index (κ1) is 13.2.